The lowest BCUT2D eigenvalue weighted by Gasteiger charge is -2.16. The topological polar surface area (TPSA) is 46.5 Å². The Morgan fingerprint density at radius 2 is 1.88 bits per heavy atom. The largest absolute Gasteiger partial charge is 0.431 e. The van der Waals surface area contributed by atoms with Gasteiger partial charge in [0, 0.05) is 19.9 Å². The first-order valence-corrected chi connectivity index (χ1v) is 5.07. The molecule has 1 aromatic carbocycles. The second-order valence-electron chi connectivity index (χ2n) is 4.11. The van der Waals surface area contributed by atoms with Crippen LogP contribution in [0.2, 0.25) is 0 Å². The van der Waals surface area contributed by atoms with Crippen LogP contribution in [-0.4, -0.2) is 16.9 Å². The number of hydrogen-bond donors (Lipinski definition) is 1. The Morgan fingerprint density at radius 1 is 1.31 bits per heavy atom. The van der Waals surface area contributed by atoms with Gasteiger partial charge in [-0.05, 0) is 18.6 Å². The van der Waals surface area contributed by atoms with Crippen LogP contribution in [0.3, 0.4) is 0 Å². The van der Waals surface area contributed by atoms with Crippen molar-refractivity contribution in [1.82, 2.24) is 0 Å². The lowest BCUT2D eigenvalue weighted by Crippen LogP contribution is -2.26. The lowest BCUT2D eigenvalue weighted by atomic mass is 10.1. The third-order valence-electron chi connectivity index (χ3n) is 1.84. The fourth-order valence-corrected chi connectivity index (χ4v) is 1.12. The SMILES string of the molecule is Cc1ccc(/C=C/C(=O)OC(C)(C)O)cc1. The molecule has 0 aliphatic rings. The van der Waals surface area contributed by atoms with Crippen molar-refractivity contribution in [3.8, 4) is 0 Å². The van der Waals surface area contributed by atoms with Crippen LogP contribution in [0, 0.1) is 6.92 Å². The maximum absolute atomic E-state index is 11.2. The monoisotopic (exact) mass is 220 g/mol. The molecule has 0 aliphatic carbocycles. The van der Waals surface area contributed by atoms with Crippen molar-refractivity contribution in [2.24, 2.45) is 0 Å². The van der Waals surface area contributed by atoms with E-state index in [1.807, 2.05) is 31.2 Å². The van der Waals surface area contributed by atoms with Crippen molar-refractivity contribution in [3.63, 3.8) is 0 Å². The number of rotatable bonds is 3. The molecule has 0 saturated carbocycles. The number of ether oxygens (including phenoxy) is 1. The fourth-order valence-electron chi connectivity index (χ4n) is 1.12. The zero-order chi connectivity index (χ0) is 12.2. The maximum Gasteiger partial charge on any atom is 0.333 e. The van der Waals surface area contributed by atoms with E-state index in [0.29, 0.717) is 0 Å². The molecular formula is C13H16O3. The molecule has 0 spiro atoms. The summed E-state index contributed by atoms with van der Waals surface area (Å²) in [5.41, 5.74) is 2.08. The van der Waals surface area contributed by atoms with E-state index in [9.17, 15) is 9.90 Å². The van der Waals surface area contributed by atoms with Gasteiger partial charge in [0.05, 0.1) is 0 Å². The number of carbonyl (C=O) groups excluding carboxylic acids is 1. The minimum atomic E-state index is -1.44. The van der Waals surface area contributed by atoms with Gasteiger partial charge in [-0.25, -0.2) is 4.79 Å². The predicted octanol–water partition coefficient (Wildman–Crippen LogP) is 2.28. The fraction of sp³-hybridized carbons (Fsp3) is 0.308. The first-order valence-electron chi connectivity index (χ1n) is 5.07. The van der Waals surface area contributed by atoms with Crippen LogP contribution in [0.25, 0.3) is 6.08 Å². The molecule has 1 rings (SSSR count). The Kier molecular flexibility index (Phi) is 3.85. The maximum atomic E-state index is 11.2. The Hall–Kier alpha value is -1.61. The van der Waals surface area contributed by atoms with Crippen molar-refractivity contribution >= 4 is 12.0 Å². The third kappa shape index (κ3) is 4.75. The highest BCUT2D eigenvalue weighted by Crippen LogP contribution is 2.07. The number of aliphatic hydroxyl groups is 1. The molecule has 0 fully saturated rings. The molecule has 0 saturated heterocycles. The highest BCUT2D eigenvalue weighted by Gasteiger charge is 2.15. The van der Waals surface area contributed by atoms with Crippen LogP contribution in [0.1, 0.15) is 25.0 Å². The summed E-state index contributed by atoms with van der Waals surface area (Å²) in [5, 5.41) is 9.24. The standard InChI is InChI=1S/C13H16O3/c1-10-4-6-11(7-5-10)8-9-12(14)16-13(2,3)15/h4-9,15H,1-3H3/b9-8+. The van der Waals surface area contributed by atoms with E-state index >= 15 is 0 Å². The van der Waals surface area contributed by atoms with Crippen molar-refractivity contribution < 1.29 is 14.6 Å². The Bertz CT molecular complexity index is 383. The summed E-state index contributed by atoms with van der Waals surface area (Å²) >= 11 is 0. The van der Waals surface area contributed by atoms with E-state index in [1.165, 1.54) is 19.9 Å². The van der Waals surface area contributed by atoms with E-state index in [2.05, 4.69) is 0 Å². The molecule has 3 heteroatoms. The van der Waals surface area contributed by atoms with Gasteiger partial charge in [0.1, 0.15) is 0 Å². The van der Waals surface area contributed by atoms with Crippen LogP contribution in [0.15, 0.2) is 30.3 Å². The number of esters is 1. The van der Waals surface area contributed by atoms with Crippen LogP contribution in [0.5, 0.6) is 0 Å². The molecule has 1 N–H and O–H groups in total. The van der Waals surface area contributed by atoms with E-state index in [4.69, 9.17) is 4.74 Å². The van der Waals surface area contributed by atoms with Gasteiger partial charge >= 0.3 is 5.97 Å². The van der Waals surface area contributed by atoms with Crippen molar-refractivity contribution in [2.75, 3.05) is 0 Å². The first-order chi connectivity index (χ1) is 7.37. The van der Waals surface area contributed by atoms with Crippen LogP contribution in [-0.2, 0) is 9.53 Å². The summed E-state index contributed by atoms with van der Waals surface area (Å²) in [6.45, 7) is 4.81. The molecule has 86 valence electrons. The summed E-state index contributed by atoms with van der Waals surface area (Å²) in [5.74, 6) is -2.00. The van der Waals surface area contributed by atoms with E-state index in [-0.39, 0.29) is 0 Å². The summed E-state index contributed by atoms with van der Waals surface area (Å²) in [6.07, 6.45) is 2.94. The van der Waals surface area contributed by atoms with Gasteiger partial charge in [0.25, 0.3) is 0 Å². The molecule has 0 atom stereocenters. The summed E-state index contributed by atoms with van der Waals surface area (Å²) < 4.78 is 4.71. The minimum Gasteiger partial charge on any atom is -0.431 e. The van der Waals surface area contributed by atoms with Crippen molar-refractivity contribution in [3.05, 3.63) is 41.5 Å². The second-order valence-corrected chi connectivity index (χ2v) is 4.11. The van der Waals surface area contributed by atoms with Crippen molar-refractivity contribution in [1.29, 1.82) is 0 Å². The van der Waals surface area contributed by atoms with Gasteiger partial charge in [-0.1, -0.05) is 29.8 Å². The zero-order valence-electron chi connectivity index (χ0n) is 9.73. The number of hydrogen-bond acceptors (Lipinski definition) is 3. The highest BCUT2D eigenvalue weighted by atomic mass is 16.7. The van der Waals surface area contributed by atoms with Crippen LogP contribution >= 0.6 is 0 Å². The first kappa shape index (κ1) is 12.5. The van der Waals surface area contributed by atoms with Gasteiger partial charge < -0.3 is 9.84 Å². The molecule has 0 unspecified atom stereocenters. The van der Waals surface area contributed by atoms with E-state index in [0.717, 1.165) is 11.1 Å². The molecule has 0 aliphatic heterocycles. The molecule has 16 heavy (non-hydrogen) atoms. The summed E-state index contributed by atoms with van der Waals surface area (Å²) in [6, 6.07) is 7.73. The summed E-state index contributed by atoms with van der Waals surface area (Å²) in [4.78, 5) is 11.2. The molecule has 0 bridgehead atoms. The van der Waals surface area contributed by atoms with E-state index < -0.39 is 11.8 Å². The quantitative estimate of drug-likeness (QED) is 0.483. The Balaban J connectivity index is 2.60. The molecule has 3 nitrogen and oxygen atoms in total. The smallest absolute Gasteiger partial charge is 0.333 e. The molecule has 0 heterocycles. The number of aryl methyl sites for hydroxylation is 1. The molecule has 0 aromatic heterocycles. The lowest BCUT2D eigenvalue weighted by molar-refractivity contribution is -0.188. The predicted molar refractivity (Wildman–Crippen MR) is 62.6 cm³/mol. The average molecular weight is 220 g/mol. The van der Waals surface area contributed by atoms with Gasteiger partial charge in [-0.15, -0.1) is 0 Å². The zero-order valence-corrected chi connectivity index (χ0v) is 9.73. The Labute approximate surface area is 95.4 Å². The van der Waals surface area contributed by atoms with Gasteiger partial charge in [0.2, 0.25) is 5.79 Å². The minimum absolute atomic E-state index is 0.562. The van der Waals surface area contributed by atoms with Gasteiger partial charge in [-0.2, -0.15) is 0 Å². The second kappa shape index (κ2) is 4.94. The average Bonchev–Trinajstić information content (AvgIpc) is 2.14. The normalized spacial score (nSPS) is 11.8. The van der Waals surface area contributed by atoms with Gasteiger partial charge in [-0.3, -0.25) is 0 Å². The third-order valence-corrected chi connectivity index (χ3v) is 1.84. The number of carbonyl (C=O) groups is 1. The Morgan fingerprint density at radius 3 is 2.38 bits per heavy atom. The van der Waals surface area contributed by atoms with Crippen LogP contribution < -0.4 is 0 Å². The molecule has 0 radical (unpaired) electrons. The highest BCUT2D eigenvalue weighted by molar-refractivity contribution is 5.87. The molecule has 1 aromatic rings. The van der Waals surface area contributed by atoms with E-state index in [1.54, 1.807) is 6.08 Å². The molecule has 0 amide bonds. The van der Waals surface area contributed by atoms with Crippen LogP contribution in [0.4, 0.5) is 0 Å². The summed E-state index contributed by atoms with van der Waals surface area (Å²) in [7, 11) is 0. The van der Waals surface area contributed by atoms with Gasteiger partial charge in [0.15, 0.2) is 0 Å². The molecular weight excluding hydrogens is 204 g/mol. The van der Waals surface area contributed by atoms with Crippen molar-refractivity contribution in [2.45, 2.75) is 26.6 Å². The number of benzene rings is 1.